The van der Waals surface area contributed by atoms with Gasteiger partial charge in [-0.05, 0) is 43.1 Å². The molecule has 0 saturated heterocycles. The highest BCUT2D eigenvalue weighted by Gasteiger charge is 2.23. The van der Waals surface area contributed by atoms with Crippen molar-refractivity contribution in [2.45, 2.75) is 53.0 Å². The van der Waals surface area contributed by atoms with Gasteiger partial charge in [0.25, 0.3) is 5.56 Å². The van der Waals surface area contributed by atoms with Crippen LogP contribution < -0.4 is 5.56 Å². The Morgan fingerprint density at radius 1 is 1.50 bits per heavy atom. The highest BCUT2D eigenvalue weighted by Crippen LogP contribution is 2.35. The van der Waals surface area contributed by atoms with Crippen molar-refractivity contribution in [3.63, 3.8) is 0 Å². The quantitative estimate of drug-likeness (QED) is 0.779. The van der Waals surface area contributed by atoms with Gasteiger partial charge in [0.1, 0.15) is 11.4 Å². The lowest BCUT2D eigenvalue weighted by Gasteiger charge is -2.17. The Kier molecular flexibility index (Phi) is 5.04. The van der Waals surface area contributed by atoms with Crippen LogP contribution in [0.1, 0.15) is 44.1 Å². The largest absolute Gasteiger partial charge is 0.464 e. The van der Waals surface area contributed by atoms with Crippen molar-refractivity contribution in [1.29, 1.82) is 0 Å². The minimum absolute atomic E-state index is 0.0686. The second kappa shape index (κ2) is 7.05. The number of carbonyl (C=O) groups excluding carboxylic acids is 1. The maximum Gasteiger partial charge on any atom is 0.326 e. The summed E-state index contributed by atoms with van der Waals surface area (Å²) in [6.07, 6.45) is 5.35. The molecule has 0 radical (unpaired) electrons. The van der Waals surface area contributed by atoms with Gasteiger partial charge in [-0.2, -0.15) is 0 Å². The third-order valence-corrected chi connectivity index (χ3v) is 5.70. The maximum atomic E-state index is 12.8. The van der Waals surface area contributed by atoms with Gasteiger partial charge in [-0.3, -0.25) is 14.2 Å². The molecule has 1 unspecified atom stereocenters. The Balaban J connectivity index is 1.81. The Labute approximate surface area is 145 Å². The van der Waals surface area contributed by atoms with Crippen LogP contribution in [0.3, 0.4) is 0 Å². The Morgan fingerprint density at radius 2 is 2.29 bits per heavy atom. The van der Waals surface area contributed by atoms with E-state index in [2.05, 4.69) is 25.8 Å². The van der Waals surface area contributed by atoms with E-state index in [0.717, 1.165) is 36.1 Å². The van der Waals surface area contributed by atoms with Crippen LogP contribution in [-0.4, -0.2) is 22.1 Å². The summed E-state index contributed by atoms with van der Waals surface area (Å²) in [4.78, 5) is 31.2. The van der Waals surface area contributed by atoms with Crippen LogP contribution in [0, 0.1) is 11.8 Å². The molecule has 1 aliphatic carbocycles. The van der Waals surface area contributed by atoms with E-state index in [4.69, 9.17) is 4.74 Å². The minimum Gasteiger partial charge on any atom is -0.464 e. The first-order valence-electron chi connectivity index (χ1n) is 8.61. The van der Waals surface area contributed by atoms with Gasteiger partial charge in [-0.1, -0.05) is 20.8 Å². The highest BCUT2D eigenvalue weighted by atomic mass is 32.1. The number of ether oxygens (including phenoxy) is 1. The van der Waals surface area contributed by atoms with E-state index in [0.29, 0.717) is 23.8 Å². The number of hydrogen-bond acceptors (Lipinski definition) is 5. The number of thiophene rings is 1. The predicted octanol–water partition coefficient (Wildman–Crippen LogP) is 3.17. The number of hydrogen-bond donors (Lipinski definition) is 0. The normalized spacial score (nSPS) is 17.2. The lowest BCUT2D eigenvalue weighted by atomic mass is 9.89. The SMILES string of the molecule is CC(C)CCOC(=O)Cn1cnc2sc3c(c2c1=O)CCC(C)C3. The topological polar surface area (TPSA) is 61.2 Å². The molecule has 5 nitrogen and oxygen atoms in total. The standard InChI is InChI=1S/C18H24N2O3S/c1-11(2)6-7-23-15(21)9-20-10-19-17-16(18(20)22)13-5-4-12(3)8-14(13)24-17/h10-12H,4-9H2,1-3H3. The fraction of sp³-hybridized carbons (Fsp3) is 0.611. The molecule has 0 amide bonds. The second-order valence-electron chi connectivity index (χ2n) is 7.11. The van der Waals surface area contributed by atoms with Crippen molar-refractivity contribution in [3.05, 3.63) is 27.1 Å². The van der Waals surface area contributed by atoms with E-state index < -0.39 is 0 Å². The third-order valence-electron chi connectivity index (χ3n) is 4.54. The summed E-state index contributed by atoms with van der Waals surface area (Å²) in [5.41, 5.74) is 1.03. The van der Waals surface area contributed by atoms with Gasteiger partial charge in [-0.15, -0.1) is 11.3 Å². The fourth-order valence-corrected chi connectivity index (χ4v) is 4.41. The number of carbonyl (C=O) groups is 1. The third kappa shape index (κ3) is 3.53. The van der Waals surface area contributed by atoms with Gasteiger partial charge in [0.15, 0.2) is 0 Å². The summed E-state index contributed by atoms with van der Waals surface area (Å²) in [5.74, 6) is 0.763. The summed E-state index contributed by atoms with van der Waals surface area (Å²) in [6, 6.07) is 0. The molecular formula is C18H24N2O3S. The minimum atomic E-state index is -0.378. The molecule has 6 heteroatoms. The molecule has 3 rings (SSSR count). The zero-order valence-electron chi connectivity index (χ0n) is 14.5. The predicted molar refractivity (Wildman–Crippen MR) is 95.5 cm³/mol. The van der Waals surface area contributed by atoms with Crippen LogP contribution >= 0.6 is 11.3 Å². The number of aryl methyl sites for hydroxylation is 1. The first-order valence-corrected chi connectivity index (χ1v) is 9.42. The summed E-state index contributed by atoms with van der Waals surface area (Å²) in [7, 11) is 0. The Morgan fingerprint density at radius 3 is 3.04 bits per heavy atom. The summed E-state index contributed by atoms with van der Waals surface area (Å²) in [5, 5.41) is 0.708. The van der Waals surface area contributed by atoms with E-state index >= 15 is 0 Å². The summed E-state index contributed by atoms with van der Waals surface area (Å²) in [6.45, 7) is 6.73. The van der Waals surface area contributed by atoms with E-state index in [9.17, 15) is 9.59 Å². The molecular weight excluding hydrogens is 324 g/mol. The van der Waals surface area contributed by atoms with Crippen molar-refractivity contribution in [2.75, 3.05) is 6.61 Å². The number of fused-ring (bicyclic) bond motifs is 3. The van der Waals surface area contributed by atoms with Crippen LogP contribution in [0.15, 0.2) is 11.1 Å². The number of aromatic nitrogens is 2. The molecule has 1 atom stereocenters. The fourth-order valence-electron chi connectivity index (χ4n) is 3.07. The zero-order chi connectivity index (χ0) is 17.3. The molecule has 0 aromatic carbocycles. The molecule has 24 heavy (non-hydrogen) atoms. The van der Waals surface area contributed by atoms with Gasteiger partial charge < -0.3 is 4.74 Å². The van der Waals surface area contributed by atoms with E-state index in [1.807, 2.05) is 0 Å². The van der Waals surface area contributed by atoms with Crippen LogP contribution in [0.5, 0.6) is 0 Å². The van der Waals surface area contributed by atoms with E-state index in [1.165, 1.54) is 15.8 Å². The van der Waals surface area contributed by atoms with Gasteiger partial charge in [0.2, 0.25) is 0 Å². The molecule has 2 aromatic heterocycles. The van der Waals surface area contributed by atoms with Crippen LogP contribution in [0.4, 0.5) is 0 Å². The van der Waals surface area contributed by atoms with Gasteiger partial charge in [0.05, 0.1) is 18.3 Å². The second-order valence-corrected chi connectivity index (χ2v) is 8.20. The summed E-state index contributed by atoms with van der Waals surface area (Å²) >= 11 is 1.62. The molecule has 0 aliphatic heterocycles. The van der Waals surface area contributed by atoms with Crippen molar-refractivity contribution in [3.8, 4) is 0 Å². The van der Waals surface area contributed by atoms with Gasteiger partial charge in [-0.25, -0.2) is 4.98 Å². The van der Waals surface area contributed by atoms with Gasteiger partial charge in [0, 0.05) is 4.88 Å². The first-order chi connectivity index (χ1) is 11.5. The van der Waals surface area contributed by atoms with Crippen molar-refractivity contribution in [2.24, 2.45) is 11.8 Å². The van der Waals surface area contributed by atoms with Crippen LogP contribution in [-0.2, 0) is 28.9 Å². The molecule has 0 saturated carbocycles. The Hall–Kier alpha value is -1.69. The van der Waals surface area contributed by atoms with Crippen molar-refractivity contribution in [1.82, 2.24) is 9.55 Å². The van der Waals surface area contributed by atoms with Crippen molar-refractivity contribution >= 4 is 27.5 Å². The zero-order valence-corrected chi connectivity index (χ0v) is 15.3. The molecule has 2 aromatic rings. The van der Waals surface area contributed by atoms with E-state index in [-0.39, 0.29) is 18.1 Å². The molecule has 0 fully saturated rings. The number of esters is 1. The average Bonchev–Trinajstić information content (AvgIpc) is 2.87. The first kappa shape index (κ1) is 17.1. The molecule has 1 aliphatic rings. The lowest BCUT2D eigenvalue weighted by Crippen LogP contribution is -2.26. The molecule has 0 N–H and O–H groups in total. The Bertz CT molecular complexity index is 806. The number of nitrogens with zero attached hydrogens (tertiary/aromatic N) is 2. The number of rotatable bonds is 5. The molecule has 130 valence electrons. The lowest BCUT2D eigenvalue weighted by molar-refractivity contribution is -0.144. The smallest absolute Gasteiger partial charge is 0.326 e. The van der Waals surface area contributed by atoms with E-state index in [1.54, 1.807) is 11.3 Å². The molecule has 0 bridgehead atoms. The van der Waals surface area contributed by atoms with Crippen LogP contribution in [0.25, 0.3) is 10.2 Å². The monoisotopic (exact) mass is 348 g/mol. The highest BCUT2D eigenvalue weighted by molar-refractivity contribution is 7.18. The maximum absolute atomic E-state index is 12.8. The van der Waals surface area contributed by atoms with Crippen molar-refractivity contribution < 1.29 is 9.53 Å². The van der Waals surface area contributed by atoms with Gasteiger partial charge >= 0.3 is 5.97 Å². The van der Waals surface area contributed by atoms with Crippen LogP contribution in [0.2, 0.25) is 0 Å². The summed E-state index contributed by atoms with van der Waals surface area (Å²) < 4.78 is 6.59. The molecule has 0 spiro atoms. The molecule has 2 heterocycles. The average molecular weight is 348 g/mol.